The van der Waals surface area contributed by atoms with Crippen molar-refractivity contribution in [2.75, 3.05) is 6.54 Å². The lowest BCUT2D eigenvalue weighted by Crippen LogP contribution is -2.44. The standard InChI is InChI=1S/C15H24N2O/c18-15(17-14-4-2-1-3-5-14)16-10-13-9-11-6-7-12(13)8-11/h6-7,11-14H,1-5,8-10H2,(H2,16,17,18)/t11-,12+,13-/m0/s1. The summed E-state index contributed by atoms with van der Waals surface area (Å²) in [5.41, 5.74) is 0. The lowest BCUT2D eigenvalue weighted by atomic mass is 9.93. The average Bonchev–Trinajstić information content (AvgIpc) is 3.00. The molecule has 0 saturated heterocycles. The van der Waals surface area contributed by atoms with E-state index in [1.54, 1.807) is 0 Å². The second-order valence-electron chi connectivity index (χ2n) is 6.23. The van der Waals surface area contributed by atoms with Crippen LogP contribution in [0.5, 0.6) is 0 Å². The summed E-state index contributed by atoms with van der Waals surface area (Å²) < 4.78 is 0. The number of allylic oxidation sites excluding steroid dienone is 2. The van der Waals surface area contributed by atoms with Crippen LogP contribution in [0.15, 0.2) is 12.2 Å². The topological polar surface area (TPSA) is 41.1 Å². The molecule has 0 aromatic heterocycles. The Balaban J connectivity index is 1.37. The van der Waals surface area contributed by atoms with Crippen molar-refractivity contribution in [2.45, 2.75) is 51.0 Å². The van der Waals surface area contributed by atoms with E-state index in [-0.39, 0.29) is 6.03 Å². The van der Waals surface area contributed by atoms with Crippen LogP contribution in [0.4, 0.5) is 4.79 Å². The lowest BCUT2D eigenvalue weighted by Gasteiger charge is -2.24. The first kappa shape index (κ1) is 12.1. The monoisotopic (exact) mass is 248 g/mol. The van der Waals surface area contributed by atoms with Gasteiger partial charge in [0.25, 0.3) is 0 Å². The summed E-state index contributed by atoms with van der Waals surface area (Å²) >= 11 is 0. The lowest BCUT2D eigenvalue weighted by molar-refractivity contribution is 0.229. The van der Waals surface area contributed by atoms with E-state index in [1.807, 2.05) is 0 Å². The van der Waals surface area contributed by atoms with Gasteiger partial charge in [0.2, 0.25) is 0 Å². The van der Waals surface area contributed by atoms with Crippen LogP contribution in [0.25, 0.3) is 0 Å². The van der Waals surface area contributed by atoms with Crippen molar-refractivity contribution in [3.63, 3.8) is 0 Å². The Labute approximate surface area is 109 Å². The molecule has 18 heavy (non-hydrogen) atoms. The van der Waals surface area contributed by atoms with E-state index in [2.05, 4.69) is 22.8 Å². The Morgan fingerprint density at radius 3 is 2.61 bits per heavy atom. The van der Waals surface area contributed by atoms with Crippen molar-refractivity contribution in [1.29, 1.82) is 0 Å². The highest BCUT2D eigenvalue weighted by Crippen LogP contribution is 2.42. The predicted octanol–water partition coefficient (Wildman–Crippen LogP) is 2.83. The summed E-state index contributed by atoms with van der Waals surface area (Å²) in [6.07, 6.45) is 13.5. The van der Waals surface area contributed by atoms with Crippen LogP contribution in [0.3, 0.4) is 0 Å². The minimum absolute atomic E-state index is 0.0497. The second-order valence-corrected chi connectivity index (χ2v) is 6.23. The summed E-state index contributed by atoms with van der Waals surface area (Å²) in [4.78, 5) is 11.8. The molecule has 0 unspecified atom stereocenters. The minimum atomic E-state index is 0.0497. The first-order chi connectivity index (χ1) is 8.81. The van der Waals surface area contributed by atoms with Crippen LogP contribution in [-0.4, -0.2) is 18.6 Å². The van der Waals surface area contributed by atoms with Gasteiger partial charge in [0.05, 0.1) is 0 Å². The number of fused-ring (bicyclic) bond motifs is 2. The van der Waals surface area contributed by atoms with E-state index >= 15 is 0 Å². The molecule has 0 radical (unpaired) electrons. The minimum Gasteiger partial charge on any atom is -0.338 e. The van der Waals surface area contributed by atoms with Crippen LogP contribution in [0.1, 0.15) is 44.9 Å². The maximum absolute atomic E-state index is 11.8. The van der Waals surface area contributed by atoms with E-state index < -0.39 is 0 Å². The normalized spacial score (nSPS) is 34.8. The molecule has 0 heterocycles. The number of urea groups is 1. The Morgan fingerprint density at radius 2 is 1.94 bits per heavy atom. The van der Waals surface area contributed by atoms with Gasteiger partial charge in [-0.15, -0.1) is 0 Å². The van der Waals surface area contributed by atoms with Gasteiger partial charge in [-0.1, -0.05) is 31.4 Å². The predicted molar refractivity (Wildman–Crippen MR) is 72.3 cm³/mol. The number of nitrogens with one attached hydrogen (secondary N) is 2. The Kier molecular flexibility index (Phi) is 3.57. The van der Waals surface area contributed by atoms with E-state index in [4.69, 9.17) is 0 Å². The van der Waals surface area contributed by atoms with Crippen LogP contribution >= 0.6 is 0 Å². The number of carbonyl (C=O) groups is 1. The van der Waals surface area contributed by atoms with Gasteiger partial charge in [0, 0.05) is 12.6 Å². The molecule has 2 fully saturated rings. The highest BCUT2D eigenvalue weighted by Gasteiger charge is 2.35. The fourth-order valence-corrected chi connectivity index (χ4v) is 3.84. The molecule has 3 nitrogen and oxygen atoms in total. The van der Waals surface area contributed by atoms with Gasteiger partial charge in [-0.3, -0.25) is 0 Å². The van der Waals surface area contributed by atoms with Crippen molar-refractivity contribution < 1.29 is 4.79 Å². The quantitative estimate of drug-likeness (QED) is 0.741. The number of rotatable bonds is 3. The first-order valence-corrected chi connectivity index (χ1v) is 7.54. The Morgan fingerprint density at radius 1 is 1.11 bits per heavy atom. The van der Waals surface area contributed by atoms with Crippen molar-refractivity contribution in [3.8, 4) is 0 Å². The van der Waals surface area contributed by atoms with Gasteiger partial charge < -0.3 is 10.6 Å². The molecule has 0 aromatic rings. The van der Waals surface area contributed by atoms with E-state index in [1.165, 1.54) is 32.1 Å². The van der Waals surface area contributed by atoms with Gasteiger partial charge in [-0.25, -0.2) is 4.79 Å². The molecule has 0 aliphatic heterocycles. The molecule has 3 heteroatoms. The van der Waals surface area contributed by atoms with Crippen LogP contribution in [-0.2, 0) is 0 Å². The van der Waals surface area contributed by atoms with Crippen LogP contribution in [0.2, 0.25) is 0 Å². The maximum Gasteiger partial charge on any atom is 0.315 e. The summed E-state index contributed by atoms with van der Waals surface area (Å²) in [5.74, 6) is 2.20. The smallest absolute Gasteiger partial charge is 0.315 e. The molecule has 100 valence electrons. The van der Waals surface area contributed by atoms with Crippen molar-refractivity contribution in [2.24, 2.45) is 17.8 Å². The number of carbonyl (C=O) groups excluding carboxylic acids is 1. The second kappa shape index (κ2) is 5.33. The fraction of sp³-hybridized carbons (Fsp3) is 0.800. The molecular weight excluding hydrogens is 224 g/mol. The Hall–Kier alpha value is -0.990. The molecule has 2 amide bonds. The van der Waals surface area contributed by atoms with Crippen LogP contribution < -0.4 is 10.6 Å². The van der Waals surface area contributed by atoms with Crippen molar-refractivity contribution >= 4 is 6.03 Å². The molecule has 0 spiro atoms. The number of hydrogen-bond donors (Lipinski definition) is 2. The molecule has 3 atom stereocenters. The molecular formula is C15H24N2O. The first-order valence-electron chi connectivity index (χ1n) is 7.54. The summed E-state index contributed by atoms with van der Waals surface area (Å²) in [5, 5.41) is 6.19. The molecule has 3 aliphatic rings. The molecule has 2 bridgehead atoms. The summed E-state index contributed by atoms with van der Waals surface area (Å²) in [7, 11) is 0. The highest BCUT2D eigenvalue weighted by atomic mass is 16.2. The summed E-state index contributed by atoms with van der Waals surface area (Å²) in [6, 6.07) is 0.465. The SMILES string of the molecule is O=C(NC[C@@H]1C[C@H]2C=C[C@@H]1C2)NC1CCCCC1. The Bertz CT molecular complexity index is 333. The molecule has 2 saturated carbocycles. The summed E-state index contributed by atoms with van der Waals surface area (Å²) in [6.45, 7) is 0.851. The van der Waals surface area contributed by atoms with Crippen LogP contribution in [0, 0.1) is 17.8 Å². The number of hydrogen-bond acceptors (Lipinski definition) is 1. The third-order valence-electron chi connectivity index (χ3n) is 4.88. The zero-order valence-corrected chi connectivity index (χ0v) is 11.0. The molecule has 2 N–H and O–H groups in total. The van der Waals surface area contributed by atoms with E-state index in [9.17, 15) is 4.79 Å². The van der Waals surface area contributed by atoms with Crippen molar-refractivity contribution in [1.82, 2.24) is 10.6 Å². The zero-order valence-electron chi connectivity index (χ0n) is 11.0. The fourth-order valence-electron chi connectivity index (χ4n) is 3.84. The highest BCUT2D eigenvalue weighted by molar-refractivity contribution is 5.74. The zero-order chi connectivity index (χ0) is 12.4. The van der Waals surface area contributed by atoms with Gasteiger partial charge in [0.1, 0.15) is 0 Å². The maximum atomic E-state index is 11.8. The third kappa shape index (κ3) is 2.70. The van der Waals surface area contributed by atoms with Gasteiger partial charge in [-0.2, -0.15) is 0 Å². The largest absolute Gasteiger partial charge is 0.338 e. The van der Waals surface area contributed by atoms with E-state index in [0.717, 1.165) is 31.2 Å². The number of amides is 2. The van der Waals surface area contributed by atoms with Crippen molar-refractivity contribution in [3.05, 3.63) is 12.2 Å². The average molecular weight is 248 g/mol. The molecule has 3 aliphatic carbocycles. The van der Waals surface area contributed by atoms with Gasteiger partial charge in [-0.05, 0) is 43.4 Å². The van der Waals surface area contributed by atoms with Gasteiger partial charge >= 0.3 is 6.03 Å². The van der Waals surface area contributed by atoms with E-state index in [0.29, 0.717) is 12.0 Å². The molecule has 3 rings (SSSR count). The third-order valence-corrected chi connectivity index (χ3v) is 4.88. The molecule has 0 aromatic carbocycles. The van der Waals surface area contributed by atoms with Gasteiger partial charge in [0.15, 0.2) is 0 Å².